The summed E-state index contributed by atoms with van der Waals surface area (Å²) in [5.74, 6) is -2.09. The quantitative estimate of drug-likeness (QED) is 0.293. The maximum Gasteiger partial charge on any atom is 0.416 e. The number of carboxylic acids is 1. The number of anilines is 1. The van der Waals surface area contributed by atoms with Gasteiger partial charge in [-0.15, -0.1) is 0 Å². The van der Waals surface area contributed by atoms with Crippen LogP contribution in [-0.2, 0) is 39.4 Å². The molecule has 2 amide bonds. The summed E-state index contributed by atoms with van der Waals surface area (Å²) in [7, 11) is 0.909. The third-order valence-corrected chi connectivity index (χ3v) is 8.99. The van der Waals surface area contributed by atoms with Crippen LogP contribution in [0.4, 0.5) is 50.0 Å². The molecule has 0 aromatic heterocycles. The number of carbonyl (C=O) groups excluding carboxylic acids is 2. The number of hydrogen-bond acceptors (Lipinski definition) is 4. The molecule has 1 unspecified atom stereocenters. The fourth-order valence-electron chi connectivity index (χ4n) is 6.63. The van der Waals surface area contributed by atoms with E-state index in [1.54, 1.807) is 6.92 Å². The average molecular weight is 697 g/mol. The van der Waals surface area contributed by atoms with Crippen LogP contribution in [0, 0.1) is 11.8 Å². The summed E-state index contributed by atoms with van der Waals surface area (Å²) < 4.78 is 128. The summed E-state index contributed by atoms with van der Waals surface area (Å²) >= 11 is 0. The molecule has 0 radical (unpaired) electrons. The van der Waals surface area contributed by atoms with Gasteiger partial charge in [0.1, 0.15) is 0 Å². The molecule has 7 nitrogen and oxygen atoms in total. The Morgan fingerprint density at radius 3 is 1.90 bits per heavy atom. The molecule has 1 fully saturated rings. The molecule has 0 saturated heterocycles. The Morgan fingerprint density at radius 2 is 1.42 bits per heavy atom. The molecule has 16 heteroatoms. The second-order valence-electron chi connectivity index (χ2n) is 12.1. The molecule has 1 heterocycles. The molecule has 2 aromatic carbocycles. The number of carbonyl (C=O) groups is 3. The molecular weight excluding hydrogens is 663 g/mol. The standard InChI is InChI=1S/C32H33F9N2O5/c1-3-23-15-26(42(29(47)48-2)16-18-10-21(31(36,37)38)13-22(11-18)32(39,40)41)24-14-20(30(33,34)35)8-9-25(24)43(23)28(46)19-6-4-17(5-7-19)12-27(44)45/h8-11,13-14,17,19,23,26H,3-7,12,15-16H2,1-2H3,(H,44,45)/t17-,19-,23-,26?/m1/s1. The summed E-state index contributed by atoms with van der Waals surface area (Å²) in [6.07, 6.45) is -14.9. The first-order valence-corrected chi connectivity index (χ1v) is 15.1. The molecule has 0 bridgehead atoms. The van der Waals surface area contributed by atoms with Gasteiger partial charge in [0.25, 0.3) is 0 Å². The summed E-state index contributed by atoms with van der Waals surface area (Å²) in [5.41, 5.74) is -5.19. The van der Waals surface area contributed by atoms with Crippen LogP contribution < -0.4 is 4.90 Å². The third kappa shape index (κ3) is 8.17. The molecule has 2 atom stereocenters. The van der Waals surface area contributed by atoms with Crippen molar-refractivity contribution in [1.29, 1.82) is 0 Å². The highest BCUT2D eigenvalue weighted by Gasteiger charge is 2.44. The third-order valence-electron chi connectivity index (χ3n) is 8.99. The van der Waals surface area contributed by atoms with E-state index in [2.05, 4.69) is 0 Å². The van der Waals surface area contributed by atoms with Crippen molar-refractivity contribution in [3.8, 4) is 0 Å². The van der Waals surface area contributed by atoms with Gasteiger partial charge in [-0.3, -0.25) is 14.5 Å². The molecule has 4 rings (SSSR count). The first-order valence-electron chi connectivity index (χ1n) is 15.1. The van der Waals surface area contributed by atoms with Crippen molar-refractivity contribution >= 4 is 23.7 Å². The Hall–Kier alpha value is -3.98. The predicted molar refractivity (Wildman–Crippen MR) is 152 cm³/mol. The van der Waals surface area contributed by atoms with Crippen molar-refractivity contribution in [2.45, 2.75) is 89.0 Å². The van der Waals surface area contributed by atoms with E-state index in [-0.39, 0.29) is 42.5 Å². The van der Waals surface area contributed by atoms with Crippen molar-refractivity contribution in [2.75, 3.05) is 12.0 Å². The summed E-state index contributed by atoms with van der Waals surface area (Å²) in [5, 5.41) is 9.13. The van der Waals surface area contributed by atoms with Crippen LogP contribution in [0.15, 0.2) is 36.4 Å². The number of hydrogen-bond donors (Lipinski definition) is 1. The van der Waals surface area contributed by atoms with Crippen molar-refractivity contribution in [3.05, 3.63) is 64.2 Å². The number of ether oxygens (including phenoxy) is 1. The molecular formula is C32H33F9N2O5. The van der Waals surface area contributed by atoms with E-state index in [0.717, 1.165) is 30.2 Å². The summed E-state index contributed by atoms with van der Waals surface area (Å²) in [6, 6.07) is 1.24. The lowest BCUT2D eigenvalue weighted by molar-refractivity contribution is -0.143. The molecule has 0 spiro atoms. The number of rotatable bonds is 7. The Morgan fingerprint density at radius 1 is 0.854 bits per heavy atom. The Balaban J connectivity index is 1.80. The predicted octanol–water partition coefficient (Wildman–Crippen LogP) is 8.85. The van der Waals surface area contributed by atoms with Gasteiger partial charge in [0.2, 0.25) is 5.91 Å². The van der Waals surface area contributed by atoms with E-state index in [4.69, 9.17) is 9.84 Å². The van der Waals surface area contributed by atoms with Gasteiger partial charge >= 0.3 is 30.6 Å². The lowest BCUT2D eigenvalue weighted by Crippen LogP contribution is -2.50. The molecule has 48 heavy (non-hydrogen) atoms. The van der Waals surface area contributed by atoms with Gasteiger partial charge in [-0.1, -0.05) is 6.92 Å². The Bertz CT molecular complexity index is 1480. The molecule has 1 aliphatic carbocycles. The average Bonchev–Trinajstić information content (AvgIpc) is 3.00. The minimum absolute atomic E-state index is 0.0117. The first kappa shape index (κ1) is 36.8. The number of fused-ring (bicyclic) bond motifs is 1. The minimum atomic E-state index is -5.19. The van der Waals surface area contributed by atoms with Crippen LogP contribution in [0.1, 0.15) is 85.7 Å². The van der Waals surface area contributed by atoms with Crippen LogP contribution in [0.25, 0.3) is 0 Å². The molecule has 2 aliphatic rings. The van der Waals surface area contributed by atoms with Gasteiger partial charge in [-0.05, 0) is 92.0 Å². The van der Waals surface area contributed by atoms with E-state index < -0.39 is 83.3 Å². The largest absolute Gasteiger partial charge is 0.481 e. The minimum Gasteiger partial charge on any atom is -0.481 e. The lowest BCUT2D eigenvalue weighted by Gasteiger charge is -2.45. The van der Waals surface area contributed by atoms with Crippen LogP contribution >= 0.6 is 0 Å². The Labute approximate surface area is 269 Å². The van der Waals surface area contributed by atoms with Crippen molar-refractivity contribution in [2.24, 2.45) is 11.8 Å². The zero-order valence-corrected chi connectivity index (χ0v) is 25.8. The number of benzene rings is 2. The fourth-order valence-corrected chi connectivity index (χ4v) is 6.63. The van der Waals surface area contributed by atoms with Gasteiger partial charge in [0, 0.05) is 30.6 Å². The maximum absolute atomic E-state index is 14.0. The highest BCUT2D eigenvalue weighted by atomic mass is 19.4. The van der Waals surface area contributed by atoms with E-state index in [9.17, 15) is 53.9 Å². The molecule has 2 aromatic rings. The van der Waals surface area contributed by atoms with Crippen molar-refractivity contribution < 1.29 is 63.7 Å². The molecule has 1 N–H and O–H groups in total. The maximum atomic E-state index is 14.0. The smallest absolute Gasteiger partial charge is 0.416 e. The van der Waals surface area contributed by atoms with Crippen LogP contribution in [0.3, 0.4) is 0 Å². The van der Waals surface area contributed by atoms with Gasteiger partial charge in [0.05, 0.1) is 29.8 Å². The summed E-state index contributed by atoms with van der Waals surface area (Å²) in [6.45, 7) is 0.795. The second kappa shape index (κ2) is 13.9. The zero-order chi connectivity index (χ0) is 35.8. The first-order chi connectivity index (χ1) is 22.2. The SMILES string of the molecule is CC[C@@H]1CC(N(Cc2cc(C(F)(F)F)cc(C(F)(F)F)c2)C(=O)OC)c2cc(C(F)(F)F)ccc2N1C(=O)[C@H]1CC[C@H](CC(=O)O)CC1. The van der Waals surface area contributed by atoms with E-state index in [1.807, 2.05) is 0 Å². The van der Waals surface area contributed by atoms with Crippen molar-refractivity contribution in [1.82, 2.24) is 4.90 Å². The molecule has 264 valence electrons. The normalized spacial score (nSPS) is 21.8. The number of halogens is 9. The van der Waals surface area contributed by atoms with Crippen LogP contribution in [0.2, 0.25) is 0 Å². The fraction of sp³-hybridized carbons (Fsp3) is 0.531. The number of amides is 2. The highest BCUT2D eigenvalue weighted by Crippen LogP contribution is 2.47. The topological polar surface area (TPSA) is 87.2 Å². The number of carboxylic acid groups (broad SMARTS) is 1. The number of nitrogens with zero attached hydrogens (tertiary/aromatic N) is 2. The second-order valence-corrected chi connectivity index (χ2v) is 12.1. The van der Waals surface area contributed by atoms with Gasteiger partial charge in [-0.25, -0.2) is 4.79 Å². The number of methoxy groups -OCH3 is 1. The summed E-state index contributed by atoms with van der Waals surface area (Å²) in [4.78, 5) is 40.4. The van der Waals surface area contributed by atoms with Crippen LogP contribution in [-0.4, -0.2) is 41.1 Å². The number of aliphatic carboxylic acids is 1. The van der Waals surface area contributed by atoms with Gasteiger partial charge < -0.3 is 14.7 Å². The number of alkyl halides is 9. The van der Waals surface area contributed by atoms with Crippen molar-refractivity contribution in [3.63, 3.8) is 0 Å². The molecule has 1 aliphatic heterocycles. The lowest BCUT2D eigenvalue weighted by atomic mass is 9.79. The van der Waals surface area contributed by atoms with Gasteiger partial charge in [0.15, 0.2) is 0 Å². The van der Waals surface area contributed by atoms with E-state index in [0.29, 0.717) is 37.8 Å². The molecule has 1 saturated carbocycles. The Kier molecular flexibility index (Phi) is 10.6. The zero-order valence-electron chi connectivity index (χ0n) is 25.8. The monoisotopic (exact) mass is 696 g/mol. The van der Waals surface area contributed by atoms with E-state index in [1.165, 1.54) is 4.90 Å². The van der Waals surface area contributed by atoms with Gasteiger partial charge in [-0.2, -0.15) is 39.5 Å². The highest BCUT2D eigenvalue weighted by molar-refractivity contribution is 5.97. The van der Waals surface area contributed by atoms with E-state index >= 15 is 0 Å². The van der Waals surface area contributed by atoms with Crippen LogP contribution in [0.5, 0.6) is 0 Å².